The summed E-state index contributed by atoms with van der Waals surface area (Å²) in [5.41, 5.74) is 3.62. The average Bonchev–Trinajstić information content (AvgIpc) is 3.11. The third-order valence-corrected chi connectivity index (χ3v) is 5.46. The molecule has 3 heterocycles. The van der Waals surface area contributed by atoms with Gasteiger partial charge in [0.05, 0.1) is 5.52 Å². The number of carbonyl (C=O) groups excluding carboxylic acids is 2. The number of hydrogen-bond donors (Lipinski definition) is 1. The van der Waals surface area contributed by atoms with Crippen LogP contribution >= 0.6 is 0 Å². The highest BCUT2D eigenvalue weighted by atomic mass is 16.2. The molecule has 0 unspecified atom stereocenters. The van der Waals surface area contributed by atoms with Crippen LogP contribution in [-0.4, -0.2) is 64.2 Å². The van der Waals surface area contributed by atoms with Gasteiger partial charge in [-0.15, -0.1) is 0 Å². The number of hydrogen-bond acceptors (Lipinski definition) is 4. The van der Waals surface area contributed by atoms with E-state index in [1.54, 1.807) is 15.5 Å². The van der Waals surface area contributed by atoms with Crippen molar-refractivity contribution in [2.45, 2.75) is 13.8 Å². The maximum Gasteiger partial charge on any atom is 0.290 e. The van der Waals surface area contributed by atoms with Crippen LogP contribution in [0.15, 0.2) is 42.6 Å². The second-order valence-electron chi connectivity index (χ2n) is 7.56. The molecule has 0 bridgehead atoms. The predicted octanol–water partition coefficient (Wildman–Crippen LogP) is 2.59. The molecular formula is C22H25N5O2. The molecule has 1 aliphatic rings. The lowest BCUT2D eigenvalue weighted by Crippen LogP contribution is -2.47. The lowest BCUT2D eigenvalue weighted by atomic mass is 10.1. The van der Waals surface area contributed by atoms with Crippen LogP contribution in [0.3, 0.4) is 0 Å². The first-order valence-corrected chi connectivity index (χ1v) is 9.78. The molecule has 0 atom stereocenters. The number of aryl methyl sites for hydroxylation is 2. The number of amides is 2. The van der Waals surface area contributed by atoms with Gasteiger partial charge in [0.25, 0.3) is 11.8 Å². The van der Waals surface area contributed by atoms with Gasteiger partial charge in [-0.3, -0.25) is 14.0 Å². The first-order valence-electron chi connectivity index (χ1n) is 9.78. The van der Waals surface area contributed by atoms with E-state index in [4.69, 9.17) is 0 Å². The number of fused-ring (bicyclic) bond motifs is 1. The Labute approximate surface area is 169 Å². The molecule has 7 heteroatoms. The van der Waals surface area contributed by atoms with Crippen molar-refractivity contribution in [2.24, 2.45) is 0 Å². The SMILES string of the molecule is Cc1cccc(C)c1NC(=O)c1nc(C(=O)N2CCN(C)CC2)n2ccccc12. The molecule has 1 fully saturated rings. The molecule has 0 aliphatic carbocycles. The zero-order valence-corrected chi connectivity index (χ0v) is 17.0. The summed E-state index contributed by atoms with van der Waals surface area (Å²) in [5, 5.41) is 2.98. The molecule has 0 radical (unpaired) electrons. The minimum absolute atomic E-state index is 0.148. The van der Waals surface area contributed by atoms with E-state index in [1.807, 2.05) is 57.3 Å². The molecule has 3 aromatic rings. The van der Waals surface area contributed by atoms with Gasteiger partial charge in [0.15, 0.2) is 5.69 Å². The van der Waals surface area contributed by atoms with E-state index in [0.717, 1.165) is 29.9 Å². The minimum Gasteiger partial charge on any atom is -0.333 e. The summed E-state index contributed by atoms with van der Waals surface area (Å²) in [7, 11) is 2.04. The van der Waals surface area contributed by atoms with Gasteiger partial charge in [-0.1, -0.05) is 24.3 Å². The molecule has 29 heavy (non-hydrogen) atoms. The van der Waals surface area contributed by atoms with Crippen LogP contribution < -0.4 is 5.32 Å². The van der Waals surface area contributed by atoms with Gasteiger partial charge < -0.3 is 15.1 Å². The first-order chi connectivity index (χ1) is 14.0. The molecule has 1 aromatic carbocycles. The van der Waals surface area contributed by atoms with Crippen molar-refractivity contribution in [3.05, 3.63) is 65.2 Å². The average molecular weight is 391 g/mol. The predicted molar refractivity (Wildman–Crippen MR) is 112 cm³/mol. The van der Waals surface area contributed by atoms with E-state index in [9.17, 15) is 9.59 Å². The van der Waals surface area contributed by atoms with Gasteiger partial charge in [-0.2, -0.15) is 0 Å². The molecule has 1 N–H and O–H groups in total. The van der Waals surface area contributed by atoms with E-state index < -0.39 is 0 Å². The fourth-order valence-electron chi connectivity index (χ4n) is 3.69. The quantitative estimate of drug-likeness (QED) is 0.745. The number of carbonyl (C=O) groups is 2. The number of rotatable bonds is 3. The molecule has 1 saturated heterocycles. The van der Waals surface area contributed by atoms with Crippen LogP contribution in [0.25, 0.3) is 5.52 Å². The molecule has 0 saturated carbocycles. The second kappa shape index (κ2) is 7.67. The first kappa shape index (κ1) is 19.1. The van der Waals surface area contributed by atoms with Crippen LogP contribution in [-0.2, 0) is 0 Å². The molecule has 0 spiro atoms. The van der Waals surface area contributed by atoms with Gasteiger partial charge in [0.2, 0.25) is 5.82 Å². The maximum atomic E-state index is 13.1. The summed E-state index contributed by atoms with van der Waals surface area (Å²) in [6.07, 6.45) is 1.78. The van der Waals surface area contributed by atoms with E-state index in [2.05, 4.69) is 15.2 Å². The van der Waals surface area contributed by atoms with Crippen molar-refractivity contribution < 1.29 is 9.59 Å². The van der Waals surface area contributed by atoms with Gasteiger partial charge in [-0.25, -0.2) is 4.98 Å². The Kier molecular flexibility index (Phi) is 5.07. The number of pyridine rings is 1. The summed E-state index contributed by atoms with van der Waals surface area (Å²) in [6.45, 7) is 6.87. The van der Waals surface area contributed by atoms with Crippen molar-refractivity contribution in [1.29, 1.82) is 0 Å². The van der Waals surface area contributed by atoms with E-state index in [-0.39, 0.29) is 23.3 Å². The highest BCUT2D eigenvalue weighted by Gasteiger charge is 2.27. The Hall–Kier alpha value is -3.19. The number of piperazine rings is 1. The topological polar surface area (TPSA) is 70.0 Å². The fourth-order valence-corrected chi connectivity index (χ4v) is 3.69. The summed E-state index contributed by atoms with van der Waals surface area (Å²) >= 11 is 0. The zero-order valence-electron chi connectivity index (χ0n) is 17.0. The Morgan fingerprint density at radius 1 is 0.966 bits per heavy atom. The Bertz CT molecular complexity index is 1060. The van der Waals surface area contributed by atoms with E-state index >= 15 is 0 Å². The maximum absolute atomic E-state index is 13.1. The fraction of sp³-hybridized carbons (Fsp3) is 0.318. The highest BCUT2D eigenvalue weighted by molar-refractivity contribution is 6.09. The molecule has 150 valence electrons. The summed E-state index contributed by atoms with van der Waals surface area (Å²) < 4.78 is 1.71. The molecule has 2 aromatic heterocycles. The summed E-state index contributed by atoms with van der Waals surface area (Å²) in [6, 6.07) is 11.4. The lowest BCUT2D eigenvalue weighted by molar-refractivity contribution is 0.0651. The standard InChI is InChI=1S/C22H25N5O2/c1-15-7-6-8-16(2)18(15)24-21(28)19-17-9-4-5-10-27(17)20(23-19)22(29)26-13-11-25(3)12-14-26/h4-10H,11-14H2,1-3H3,(H,24,28). The van der Waals surface area contributed by atoms with E-state index in [0.29, 0.717) is 18.6 Å². The number of likely N-dealkylation sites (N-methyl/N-ethyl adjacent to an activating group) is 1. The number of imidazole rings is 1. The molecule has 2 amide bonds. The van der Waals surface area contributed by atoms with Crippen LogP contribution in [0, 0.1) is 13.8 Å². The van der Waals surface area contributed by atoms with Crippen molar-refractivity contribution in [2.75, 3.05) is 38.5 Å². The summed E-state index contributed by atoms with van der Waals surface area (Å²) in [4.78, 5) is 34.7. The molecule has 4 rings (SSSR count). The third-order valence-electron chi connectivity index (χ3n) is 5.46. The number of nitrogens with zero attached hydrogens (tertiary/aromatic N) is 4. The Morgan fingerprint density at radius 3 is 2.34 bits per heavy atom. The number of para-hydroxylation sites is 1. The van der Waals surface area contributed by atoms with Crippen LogP contribution in [0.2, 0.25) is 0 Å². The highest BCUT2D eigenvalue weighted by Crippen LogP contribution is 2.22. The largest absolute Gasteiger partial charge is 0.333 e. The smallest absolute Gasteiger partial charge is 0.290 e. The second-order valence-corrected chi connectivity index (χ2v) is 7.56. The number of anilines is 1. The molecule has 1 aliphatic heterocycles. The van der Waals surface area contributed by atoms with Crippen LogP contribution in [0.5, 0.6) is 0 Å². The normalized spacial score (nSPS) is 14.9. The minimum atomic E-state index is -0.316. The van der Waals surface area contributed by atoms with Crippen molar-refractivity contribution >= 4 is 23.0 Å². The van der Waals surface area contributed by atoms with Gasteiger partial charge in [-0.05, 0) is 44.2 Å². The van der Waals surface area contributed by atoms with E-state index in [1.165, 1.54) is 0 Å². The Balaban J connectivity index is 1.69. The van der Waals surface area contributed by atoms with Gasteiger partial charge in [0, 0.05) is 38.1 Å². The molecule has 7 nitrogen and oxygen atoms in total. The van der Waals surface area contributed by atoms with Crippen molar-refractivity contribution in [3.63, 3.8) is 0 Å². The number of benzene rings is 1. The van der Waals surface area contributed by atoms with Crippen LogP contribution in [0.1, 0.15) is 32.2 Å². The van der Waals surface area contributed by atoms with Gasteiger partial charge >= 0.3 is 0 Å². The molecular weight excluding hydrogens is 366 g/mol. The Morgan fingerprint density at radius 2 is 1.66 bits per heavy atom. The monoisotopic (exact) mass is 391 g/mol. The van der Waals surface area contributed by atoms with Crippen LogP contribution in [0.4, 0.5) is 5.69 Å². The number of nitrogens with one attached hydrogen (secondary N) is 1. The third kappa shape index (κ3) is 3.61. The zero-order chi connectivity index (χ0) is 20.5. The van der Waals surface area contributed by atoms with Gasteiger partial charge in [0.1, 0.15) is 0 Å². The van der Waals surface area contributed by atoms with Crippen molar-refractivity contribution in [3.8, 4) is 0 Å². The number of aromatic nitrogens is 2. The van der Waals surface area contributed by atoms with Crippen molar-refractivity contribution in [1.82, 2.24) is 19.2 Å². The lowest BCUT2D eigenvalue weighted by Gasteiger charge is -2.31. The summed E-state index contributed by atoms with van der Waals surface area (Å²) in [5.74, 6) is -0.189.